The van der Waals surface area contributed by atoms with Gasteiger partial charge in [-0.15, -0.1) is 0 Å². The summed E-state index contributed by atoms with van der Waals surface area (Å²) in [6.07, 6.45) is 1.20. The van der Waals surface area contributed by atoms with E-state index in [2.05, 4.69) is 12.2 Å². The Hall–Kier alpha value is -1.97. The number of cyclic esters (lactones) is 1. The average Bonchev–Trinajstić information content (AvgIpc) is 3.72. The summed E-state index contributed by atoms with van der Waals surface area (Å²) >= 11 is 0. The molecule has 0 aromatic heterocycles. The molecular weight excluding hydrogens is 502 g/mol. The van der Waals surface area contributed by atoms with Crippen molar-refractivity contribution >= 4 is 17.8 Å². The van der Waals surface area contributed by atoms with Crippen molar-refractivity contribution < 1.29 is 38.4 Å². The van der Waals surface area contributed by atoms with Crippen molar-refractivity contribution in [1.82, 2.24) is 5.32 Å². The van der Waals surface area contributed by atoms with Crippen LogP contribution in [-0.4, -0.2) is 70.7 Å². The number of ether oxygens (including phenoxy) is 4. The van der Waals surface area contributed by atoms with Crippen LogP contribution in [0.15, 0.2) is 11.1 Å². The van der Waals surface area contributed by atoms with Crippen molar-refractivity contribution in [2.75, 3.05) is 6.61 Å². The van der Waals surface area contributed by atoms with Crippen molar-refractivity contribution in [3.05, 3.63) is 11.1 Å². The Kier molecular flexibility index (Phi) is 5.95. The van der Waals surface area contributed by atoms with Crippen LogP contribution in [0.4, 0.5) is 0 Å². The van der Waals surface area contributed by atoms with Gasteiger partial charge >= 0.3 is 11.9 Å². The number of carbonyl (C=O) groups is 3. The van der Waals surface area contributed by atoms with Crippen LogP contribution in [0.3, 0.4) is 0 Å². The first kappa shape index (κ1) is 27.2. The second-order valence-electron chi connectivity index (χ2n) is 14.1. The van der Waals surface area contributed by atoms with Gasteiger partial charge in [0.15, 0.2) is 11.7 Å². The fourth-order valence-electron chi connectivity index (χ4n) is 8.67. The van der Waals surface area contributed by atoms with Gasteiger partial charge in [-0.1, -0.05) is 48.5 Å². The third kappa shape index (κ3) is 3.45. The Morgan fingerprint density at radius 2 is 1.85 bits per heavy atom. The molecule has 9 heteroatoms. The zero-order valence-electron chi connectivity index (χ0n) is 24.2. The summed E-state index contributed by atoms with van der Waals surface area (Å²) in [6, 6.07) is -0.842. The maximum absolute atomic E-state index is 13.8. The fraction of sp³-hybridized carbons (Fsp3) is 0.833. The highest BCUT2D eigenvalue weighted by Crippen LogP contribution is 2.80. The largest absolute Gasteiger partial charge is 0.458 e. The number of esters is 2. The molecule has 2 spiro atoms. The van der Waals surface area contributed by atoms with Gasteiger partial charge in [-0.2, -0.15) is 0 Å². The molecule has 6 aliphatic rings. The summed E-state index contributed by atoms with van der Waals surface area (Å²) in [7, 11) is 0. The van der Waals surface area contributed by atoms with Gasteiger partial charge in [0.2, 0.25) is 5.91 Å². The van der Waals surface area contributed by atoms with Gasteiger partial charge in [-0.3, -0.25) is 4.79 Å². The Morgan fingerprint density at radius 1 is 1.13 bits per heavy atom. The smallest absolute Gasteiger partial charge is 0.334 e. The van der Waals surface area contributed by atoms with Crippen molar-refractivity contribution in [3.8, 4) is 0 Å². The van der Waals surface area contributed by atoms with E-state index in [0.29, 0.717) is 32.3 Å². The van der Waals surface area contributed by atoms with E-state index in [9.17, 15) is 19.5 Å². The highest BCUT2D eigenvalue weighted by Gasteiger charge is 2.95. The topological polar surface area (TPSA) is 127 Å². The Balaban J connectivity index is 1.35. The molecular formula is C30H43NO8. The summed E-state index contributed by atoms with van der Waals surface area (Å²) in [5.74, 6) is -1.17. The van der Waals surface area contributed by atoms with Crippen molar-refractivity contribution in [2.45, 2.75) is 122 Å². The normalized spacial score (nSPS) is 44.1. The summed E-state index contributed by atoms with van der Waals surface area (Å²) in [6.45, 7) is 14.0. The summed E-state index contributed by atoms with van der Waals surface area (Å²) < 4.78 is 25.0. The lowest BCUT2D eigenvalue weighted by Crippen LogP contribution is -2.72. The summed E-state index contributed by atoms with van der Waals surface area (Å²) in [4.78, 5) is 38.8. The van der Waals surface area contributed by atoms with E-state index in [4.69, 9.17) is 18.9 Å². The minimum Gasteiger partial charge on any atom is -0.458 e. The first-order chi connectivity index (χ1) is 18.2. The van der Waals surface area contributed by atoms with Crippen molar-refractivity contribution in [1.29, 1.82) is 0 Å². The number of rotatable bonds is 7. The van der Waals surface area contributed by atoms with Crippen molar-refractivity contribution in [3.63, 3.8) is 0 Å². The Bertz CT molecular complexity index is 1150. The molecule has 4 fully saturated rings. The second kappa shape index (κ2) is 8.52. The molecule has 0 radical (unpaired) electrons. The van der Waals surface area contributed by atoms with E-state index < -0.39 is 34.9 Å². The van der Waals surface area contributed by atoms with E-state index in [-0.39, 0.29) is 53.2 Å². The van der Waals surface area contributed by atoms with E-state index >= 15 is 0 Å². The molecule has 39 heavy (non-hydrogen) atoms. The van der Waals surface area contributed by atoms with Gasteiger partial charge in [0.1, 0.15) is 23.9 Å². The van der Waals surface area contributed by atoms with Gasteiger partial charge in [-0.05, 0) is 48.5 Å². The molecule has 3 aliphatic carbocycles. The molecule has 0 aromatic rings. The second-order valence-corrected chi connectivity index (χ2v) is 14.1. The lowest BCUT2D eigenvalue weighted by Gasteiger charge is -2.56. The van der Waals surface area contributed by atoms with Crippen LogP contribution in [0.2, 0.25) is 0 Å². The van der Waals surface area contributed by atoms with Crippen molar-refractivity contribution in [2.24, 2.45) is 29.1 Å². The standard InChI is InChI=1S/C30H43NO8/c1-14(2)10-22(32)31-23(15(3)4)25(34)37-26-28(35,16(5)6)12-21-30(39-21)27(7)9-8-17-18(13-36-24(17)33)19(27)11-20-29(26,30)38-20/h14-16,19-21,23,26,35H,8-13H2,1-7H3,(H,31,32)/t19?,20-,21-,23+,26+,27-,28+,29+,30+/m0/s1. The third-order valence-corrected chi connectivity index (χ3v) is 10.9. The minimum absolute atomic E-state index is 0.0682. The fourth-order valence-corrected chi connectivity index (χ4v) is 8.67. The van der Waals surface area contributed by atoms with E-state index in [1.54, 1.807) is 0 Å². The number of aliphatic hydroxyl groups is 1. The first-order valence-corrected chi connectivity index (χ1v) is 14.7. The maximum Gasteiger partial charge on any atom is 0.334 e. The zero-order chi connectivity index (χ0) is 28.3. The van der Waals surface area contributed by atoms with Gasteiger partial charge in [0.25, 0.3) is 0 Å². The van der Waals surface area contributed by atoms with Crippen LogP contribution in [0.1, 0.15) is 80.6 Å². The van der Waals surface area contributed by atoms with Gasteiger partial charge in [0.05, 0.1) is 12.2 Å². The number of amides is 1. The van der Waals surface area contributed by atoms with E-state index in [1.165, 1.54) is 0 Å². The molecule has 1 unspecified atom stereocenters. The first-order valence-electron chi connectivity index (χ1n) is 14.7. The molecule has 0 bridgehead atoms. The van der Waals surface area contributed by atoms with E-state index in [0.717, 1.165) is 17.6 Å². The Morgan fingerprint density at radius 3 is 2.49 bits per heavy atom. The number of nitrogens with one attached hydrogen (secondary N) is 1. The molecule has 1 amide bonds. The zero-order valence-corrected chi connectivity index (χ0v) is 24.2. The van der Waals surface area contributed by atoms with Crippen LogP contribution in [0.5, 0.6) is 0 Å². The molecule has 0 aromatic carbocycles. The minimum atomic E-state index is -1.35. The van der Waals surface area contributed by atoms with Crippen LogP contribution < -0.4 is 5.32 Å². The Labute approximate surface area is 230 Å². The third-order valence-electron chi connectivity index (χ3n) is 10.9. The quantitative estimate of drug-likeness (QED) is 0.369. The predicted octanol–water partition coefficient (Wildman–Crippen LogP) is 2.82. The van der Waals surface area contributed by atoms with Gasteiger partial charge < -0.3 is 29.4 Å². The number of hydrogen-bond acceptors (Lipinski definition) is 8. The highest BCUT2D eigenvalue weighted by molar-refractivity contribution is 5.92. The SMILES string of the molecule is CC(C)CC(=O)N[C@@H](C(=O)O[C@H]1[C@]23O[C@H]2CC2C4=C(CC[C@]2(C)[C@@]32O[C@H]2C[C@@]1(O)C(C)C)C(=O)OC4)C(C)C. The molecule has 9 atom stereocenters. The van der Waals surface area contributed by atoms with E-state index in [1.807, 2.05) is 41.5 Å². The summed E-state index contributed by atoms with van der Waals surface area (Å²) in [5.41, 5.74) is -1.55. The number of fused-ring (bicyclic) bond motifs is 2. The monoisotopic (exact) mass is 545 g/mol. The number of hydrogen-bond donors (Lipinski definition) is 2. The molecule has 2 saturated carbocycles. The molecule has 2 N–H and O–H groups in total. The molecule has 9 nitrogen and oxygen atoms in total. The number of epoxide rings is 2. The summed E-state index contributed by atoms with van der Waals surface area (Å²) in [5, 5.41) is 15.0. The molecule has 3 heterocycles. The molecule has 6 rings (SSSR count). The average molecular weight is 546 g/mol. The predicted molar refractivity (Wildman–Crippen MR) is 139 cm³/mol. The lowest BCUT2D eigenvalue weighted by atomic mass is 9.46. The van der Waals surface area contributed by atoms with Gasteiger partial charge in [0, 0.05) is 23.8 Å². The molecule has 216 valence electrons. The molecule has 3 aliphatic heterocycles. The lowest BCUT2D eigenvalue weighted by molar-refractivity contribution is -0.208. The van der Waals surface area contributed by atoms with Crippen LogP contribution >= 0.6 is 0 Å². The highest BCUT2D eigenvalue weighted by atomic mass is 16.7. The molecule has 2 saturated heterocycles. The van der Waals surface area contributed by atoms with Crippen LogP contribution in [-0.2, 0) is 33.3 Å². The van der Waals surface area contributed by atoms with Gasteiger partial charge in [-0.25, -0.2) is 9.59 Å². The van der Waals surface area contributed by atoms with Crippen LogP contribution in [0.25, 0.3) is 0 Å². The maximum atomic E-state index is 13.8. The van der Waals surface area contributed by atoms with Crippen LogP contribution in [0, 0.1) is 29.1 Å². The number of carbonyl (C=O) groups excluding carboxylic acids is 3.